The third kappa shape index (κ3) is 31.5. The van der Waals surface area contributed by atoms with E-state index in [1.807, 2.05) is 334 Å². The molecule has 0 spiro atoms. The summed E-state index contributed by atoms with van der Waals surface area (Å²) in [5.74, 6) is -4.97. The number of carbonyl (C=O) groups is 5. The van der Waals surface area contributed by atoms with Crippen LogP contribution in [0.25, 0.3) is 165 Å². The minimum atomic E-state index is -0.995. The molecule has 15 aromatic carbocycles. The zero-order valence-corrected chi connectivity index (χ0v) is 91.1. The summed E-state index contributed by atoms with van der Waals surface area (Å²) < 4.78 is 0. The summed E-state index contributed by atoms with van der Waals surface area (Å²) in [6.45, 7) is 0. The van der Waals surface area contributed by atoms with Gasteiger partial charge in [-0.25, -0.2) is 48.9 Å². The van der Waals surface area contributed by atoms with Crippen LogP contribution in [0.15, 0.2) is 486 Å². The van der Waals surface area contributed by atoms with Gasteiger partial charge in [-0.05, 0) is 154 Å². The maximum absolute atomic E-state index is 10.6. The number of carboxylic acid groups (broad SMARTS) is 5. The van der Waals surface area contributed by atoms with Gasteiger partial charge in [0.1, 0.15) is 28.5 Å². The summed E-state index contributed by atoms with van der Waals surface area (Å²) in [4.78, 5) is 94.8. The predicted octanol–water partition coefficient (Wildman–Crippen LogP) is 28.2. The normalized spacial score (nSPS) is 10.0. The molecule has 0 atom stereocenters. The van der Waals surface area contributed by atoms with Gasteiger partial charge in [0.2, 0.25) is 0 Å². The van der Waals surface area contributed by atoms with Crippen LogP contribution in [0.5, 0.6) is 0 Å². The molecule has 0 aliphatic heterocycles. The Morgan fingerprint density at radius 2 is 0.413 bits per heavy atom. The van der Waals surface area contributed by atoms with Crippen LogP contribution in [0.4, 0.5) is 0 Å². The van der Waals surface area contributed by atoms with E-state index in [1.54, 1.807) is 60.9 Å². The van der Waals surface area contributed by atoms with E-state index in [2.05, 4.69) is 153 Å². The van der Waals surface area contributed by atoms with Crippen LogP contribution in [0.3, 0.4) is 0 Å². The van der Waals surface area contributed by atoms with Gasteiger partial charge in [-0.3, -0.25) is 4.98 Å². The quantitative estimate of drug-likeness (QED) is 0.0794. The molecule has 0 saturated heterocycles. The number of aromatic carboxylic acids is 5. The first kappa shape index (κ1) is 113. The minimum Gasteiger partial charge on any atom is -0.477 e. The fourth-order valence-electron chi connectivity index (χ4n) is 15.0. The molecule has 0 unspecified atom stereocenters. The molecule has 10 heterocycles. The molecule has 0 aliphatic carbocycles. The number of carboxylic acids is 5. The van der Waals surface area contributed by atoms with Gasteiger partial charge >= 0.3 is 29.8 Å². The standard InChI is InChI=1S/5C15H10N.5C10H7NO2.5Ir/c2*1-2-7-13(8-3-1)15-14-9-5-4-6-12(14)10-11-16-15;2*1-2-6-12(7-3-1)15-10-13-8-4-5-9-14(13)11-16-15;1-2-6-12(7-3-1)15-11-10-13-8-4-5-9-14(13)16-15;2*12-10(13)9-5-7-3-1-2-4-8(7)6-11-9;3*12-10(13)9-6-5-7-3-1-2-4-8(7)11-9;;;;;/h2*1-7,9-11H;3*1-6,8-11H;5*1-6H,(H,12,13);;;;;/q5*-1;;;;;;;;;;. The van der Waals surface area contributed by atoms with Crippen molar-refractivity contribution in [3.05, 3.63) is 545 Å². The Labute approximate surface area is 930 Å². The number of aromatic nitrogens is 10. The molecule has 25 rings (SSSR count). The average molecular weight is 2850 g/mol. The number of pyridine rings is 10. The maximum Gasteiger partial charge on any atom is 0.354 e. The monoisotopic (exact) mass is 2850 g/mol. The van der Waals surface area contributed by atoms with Crippen molar-refractivity contribution in [2.75, 3.05) is 0 Å². The summed E-state index contributed by atoms with van der Waals surface area (Å²) >= 11 is 0. The maximum atomic E-state index is 10.6. The molecule has 25 aromatic rings. The third-order valence-electron chi connectivity index (χ3n) is 22.2. The van der Waals surface area contributed by atoms with Gasteiger partial charge < -0.3 is 45.5 Å². The fourth-order valence-corrected chi connectivity index (χ4v) is 15.0. The molecule has 745 valence electrons. The summed E-state index contributed by atoms with van der Waals surface area (Å²) in [6, 6.07) is 159. The van der Waals surface area contributed by atoms with Crippen molar-refractivity contribution >= 4 is 138 Å². The van der Waals surface area contributed by atoms with Gasteiger partial charge in [0.15, 0.2) is 0 Å². The summed E-state index contributed by atoms with van der Waals surface area (Å²) in [6.07, 6.45) is 10.6. The fraction of sp³-hybridized carbons (Fsp3) is 0. The van der Waals surface area contributed by atoms with Crippen molar-refractivity contribution in [1.29, 1.82) is 0 Å². The van der Waals surface area contributed by atoms with E-state index in [0.29, 0.717) is 16.6 Å². The molecule has 5 radical (unpaired) electrons. The van der Waals surface area contributed by atoms with Crippen molar-refractivity contribution in [2.45, 2.75) is 0 Å². The Morgan fingerprint density at radius 1 is 0.180 bits per heavy atom. The predicted molar refractivity (Wildman–Crippen MR) is 574 cm³/mol. The molecule has 0 amide bonds. The zero-order valence-electron chi connectivity index (χ0n) is 79.1. The Kier molecular flexibility index (Phi) is 43.7. The second kappa shape index (κ2) is 57.8. The number of para-hydroxylation sites is 4. The van der Waals surface area contributed by atoms with Crippen LogP contribution in [0, 0.1) is 30.3 Å². The van der Waals surface area contributed by atoms with Crippen LogP contribution < -0.4 is 0 Å². The molecular formula is C125H85Ir5N10O10-5. The van der Waals surface area contributed by atoms with Gasteiger partial charge in [-0.15, -0.1) is 179 Å². The van der Waals surface area contributed by atoms with E-state index < -0.39 is 29.8 Å². The van der Waals surface area contributed by atoms with Gasteiger partial charge in [-0.2, -0.15) is 0 Å². The van der Waals surface area contributed by atoms with Crippen LogP contribution >= 0.6 is 0 Å². The smallest absolute Gasteiger partial charge is 0.354 e. The second-order valence-corrected chi connectivity index (χ2v) is 31.9. The first-order valence-corrected chi connectivity index (χ1v) is 45.6. The number of benzene rings is 15. The number of nitrogens with zero attached hydrogens (tertiary/aromatic N) is 10. The molecule has 10 aromatic heterocycles. The Bertz CT molecular complexity index is 7890. The number of hydrogen-bond donors (Lipinski definition) is 5. The van der Waals surface area contributed by atoms with E-state index >= 15 is 0 Å². The van der Waals surface area contributed by atoms with Crippen LogP contribution in [0.1, 0.15) is 52.4 Å². The van der Waals surface area contributed by atoms with Crippen molar-refractivity contribution in [3.8, 4) is 56.3 Å². The summed E-state index contributed by atoms with van der Waals surface area (Å²) in [7, 11) is 0. The van der Waals surface area contributed by atoms with Crippen molar-refractivity contribution in [3.63, 3.8) is 0 Å². The largest absolute Gasteiger partial charge is 0.477 e. The number of fused-ring (bicyclic) bond motifs is 10. The number of hydrogen-bond acceptors (Lipinski definition) is 15. The summed E-state index contributed by atoms with van der Waals surface area (Å²) in [5, 5.41) is 60.7. The van der Waals surface area contributed by atoms with Gasteiger partial charge in [0.05, 0.1) is 22.1 Å². The molecule has 150 heavy (non-hydrogen) atoms. The summed E-state index contributed by atoms with van der Waals surface area (Å²) in [5.41, 5.74) is 13.7. The molecule has 25 heteroatoms. The molecule has 0 aliphatic rings. The van der Waals surface area contributed by atoms with E-state index in [1.165, 1.54) is 66.7 Å². The Morgan fingerprint density at radius 3 is 0.707 bits per heavy atom. The van der Waals surface area contributed by atoms with Gasteiger partial charge in [0.25, 0.3) is 0 Å². The Hall–Kier alpha value is -17.0. The number of rotatable bonds is 10. The van der Waals surface area contributed by atoms with Gasteiger partial charge in [-0.1, -0.05) is 261 Å². The minimum absolute atomic E-state index is 0. The van der Waals surface area contributed by atoms with E-state index in [9.17, 15) is 24.0 Å². The first-order valence-electron chi connectivity index (χ1n) is 45.6. The van der Waals surface area contributed by atoms with E-state index in [0.717, 1.165) is 99.5 Å². The molecule has 0 saturated carbocycles. The zero-order chi connectivity index (χ0) is 100. The average Bonchev–Trinajstić information content (AvgIpc) is 0.806. The topological polar surface area (TPSA) is 315 Å². The van der Waals surface area contributed by atoms with Crippen LogP contribution in [0.2, 0.25) is 0 Å². The first-order chi connectivity index (χ1) is 71.1. The van der Waals surface area contributed by atoms with Crippen molar-refractivity contribution in [2.24, 2.45) is 0 Å². The van der Waals surface area contributed by atoms with Crippen LogP contribution in [-0.4, -0.2) is 105 Å². The molecule has 0 fully saturated rings. The third-order valence-corrected chi connectivity index (χ3v) is 22.2. The Balaban J connectivity index is 0.000000158. The molecule has 5 N–H and O–H groups in total. The molecular weight excluding hydrogens is 2760 g/mol. The molecule has 0 bridgehead atoms. The van der Waals surface area contributed by atoms with E-state index in [-0.39, 0.29) is 129 Å². The van der Waals surface area contributed by atoms with E-state index in [4.69, 9.17) is 25.5 Å². The van der Waals surface area contributed by atoms with Crippen molar-refractivity contribution in [1.82, 2.24) is 49.8 Å². The van der Waals surface area contributed by atoms with Crippen molar-refractivity contribution < 1.29 is 150 Å². The SMILES string of the molecule is O=C(O)c1cc2ccccc2cn1.O=C(O)c1cc2ccccc2cn1.O=C(O)c1ccc2ccccc2n1.O=C(O)c1ccc2ccccc2n1.O=C(O)c1ccc2ccccc2n1.[Ir].[Ir].[Ir].[Ir].[Ir].[c-]1ccccc1-c1cc2ccccc2cn1.[c-]1ccccc1-c1cc2ccccc2cn1.[c-]1ccccc1-c1ccc2ccccc2n1.[c-]1ccccc1-c1nccc2ccccc12.[c-]1ccccc1-c1nccc2ccccc12. The van der Waals surface area contributed by atoms with Crippen LogP contribution in [-0.2, 0) is 101 Å². The molecule has 20 nitrogen and oxygen atoms in total. The van der Waals surface area contributed by atoms with Gasteiger partial charge in [0, 0.05) is 165 Å². The second-order valence-electron chi connectivity index (χ2n) is 31.9.